The summed E-state index contributed by atoms with van der Waals surface area (Å²) >= 11 is 0. The highest BCUT2D eigenvalue weighted by Gasteiger charge is 2.12. The van der Waals surface area contributed by atoms with E-state index in [1.54, 1.807) is 7.11 Å². The number of fused-ring (bicyclic) bond motifs is 1. The summed E-state index contributed by atoms with van der Waals surface area (Å²) < 4.78 is 5.12. The van der Waals surface area contributed by atoms with Crippen LogP contribution in [0.25, 0.3) is 0 Å². The molecule has 0 atom stereocenters. The number of ether oxygens (including phenoxy) is 1. The average molecular weight is 164 g/mol. The smallest absolute Gasteiger partial charge is 0.142 e. The summed E-state index contributed by atoms with van der Waals surface area (Å²) in [5, 5.41) is 3.26. The maximum atomic E-state index is 5.74. The molecule has 3 heteroatoms. The molecule has 3 N–H and O–H groups in total. The van der Waals surface area contributed by atoms with E-state index < -0.39 is 0 Å². The van der Waals surface area contributed by atoms with Crippen molar-refractivity contribution in [3.8, 4) is 5.75 Å². The molecule has 64 valence electrons. The minimum atomic E-state index is 0.700. The summed E-state index contributed by atoms with van der Waals surface area (Å²) in [6.07, 6.45) is 1.06. The summed E-state index contributed by atoms with van der Waals surface area (Å²) in [7, 11) is 1.64. The number of nitrogens with one attached hydrogen (secondary N) is 1. The predicted molar refractivity (Wildman–Crippen MR) is 49.6 cm³/mol. The van der Waals surface area contributed by atoms with Crippen molar-refractivity contribution in [1.82, 2.24) is 0 Å². The first-order chi connectivity index (χ1) is 5.81. The van der Waals surface area contributed by atoms with Crippen molar-refractivity contribution in [1.29, 1.82) is 0 Å². The van der Waals surface area contributed by atoms with Gasteiger partial charge in [0.2, 0.25) is 0 Å². The molecule has 0 fully saturated rings. The van der Waals surface area contributed by atoms with Gasteiger partial charge in [0, 0.05) is 12.2 Å². The molecule has 0 aliphatic carbocycles. The molecule has 0 bridgehead atoms. The van der Waals surface area contributed by atoms with Crippen LogP contribution >= 0.6 is 0 Å². The highest BCUT2D eigenvalue weighted by atomic mass is 16.5. The largest absolute Gasteiger partial charge is 0.495 e. The average Bonchev–Trinajstić information content (AvgIpc) is 2.49. The molecule has 12 heavy (non-hydrogen) atoms. The maximum Gasteiger partial charge on any atom is 0.142 e. The van der Waals surface area contributed by atoms with Crippen LogP contribution in [0, 0.1) is 0 Å². The Morgan fingerprint density at radius 2 is 2.33 bits per heavy atom. The molecule has 1 aromatic rings. The van der Waals surface area contributed by atoms with Crippen LogP contribution in [-0.2, 0) is 6.42 Å². The topological polar surface area (TPSA) is 47.3 Å². The van der Waals surface area contributed by atoms with E-state index in [0.717, 1.165) is 24.4 Å². The fourth-order valence-electron chi connectivity index (χ4n) is 1.52. The zero-order valence-electron chi connectivity index (χ0n) is 7.05. The fourth-order valence-corrected chi connectivity index (χ4v) is 1.52. The van der Waals surface area contributed by atoms with Crippen LogP contribution < -0.4 is 15.8 Å². The van der Waals surface area contributed by atoms with Crippen LogP contribution in [0.1, 0.15) is 5.56 Å². The molecule has 3 nitrogen and oxygen atoms in total. The molecule has 1 aliphatic heterocycles. The number of rotatable bonds is 1. The van der Waals surface area contributed by atoms with Crippen LogP contribution in [0.2, 0.25) is 0 Å². The van der Waals surface area contributed by atoms with Crippen molar-refractivity contribution < 1.29 is 4.74 Å². The van der Waals surface area contributed by atoms with E-state index in [2.05, 4.69) is 5.32 Å². The molecule has 0 saturated carbocycles. The zero-order chi connectivity index (χ0) is 8.55. The Morgan fingerprint density at radius 1 is 1.50 bits per heavy atom. The summed E-state index contributed by atoms with van der Waals surface area (Å²) in [4.78, 5) is 0. The quantitative estimate of drug-likeness (QED) is 0.614. The van der Waals surface area contributed by atoms with Gasteiger partial charge in [-0.05, 0) is 24.1 Å². The summed E-state index contributed by atoms with van der Waals surface area (Å²) in [5.74, 6) is 0.775. The first kappa shape index (κ1) is 7.28. The number of hydrogen-bond acceptors (Lipinski definition) is 3. The molecular weight excluding hydrogens is 152 g/mol. The lowest BCUT2D eigenvalue weighted by atomic mass is 10.1. The molecule has 1 aliphatic rings. The van der Waals surface area contributed by atoms with Gasteiger partial charge in [-0.2, -0.15) is 0 Å². The molecular formula is C9H12N2O. The van der Waals surface area contributed by atoms with Gasteiger partial charge in [-0.1, -0.05) is 0 Å². The lowest BCUT2D eigenvalue weighted by Crippen LogP contribution is -1.94. The van der Waals surface area contributed by atoms with Gasteiger partial charge in [-0.25, -0.2) is 0 Å². The van der Waals surface area contributed by atoms with Crippen molar-refractivity contribution >= 4 is 11.4 Å². The summed E-state index contributed by atoms with van der Waals surface area (Å²) in [6.45, 7) is 1.00. The van der Waals surface area contributed by atoms with E-state index in [4.69, 9.17) is 10.5 Å². The summed E-state index contributed by atoms with van der Waals surface area (Å²) in [6, 6.07) is 3.94. The van der Waals surface area contributed by atoms with Crippen molar-refractivity contribution in [3.63, 3.8) is 0 Å². The van der Waals surface area contributed by atoms with Crippen LogP contribution in [-0.4, -0.2) is 13.7 Å². The number of benzene rings is 1. The Balaban J connectivity index is 2.49. The van der Waals surface area contributed by atoms with Crippen molar-refractivity contribution in [2.45, 2.75) is 6.42 Å². The lowest BCUT2D eigenvalue weighted by Gasteiger charge is -2.06. The van der Waals surface area contributed by atoms with Crippen LogP contribution in [0.4, 0.5) is 11.4 Å². The zero-order valence-corrected chi connectivity index (χ0v) is 7.05. The number of nitrogens with two attached hydrogens (primary N) is 1. The Morgan fingerprint density at radius 3 is 3.08 bits per heavy atom. The fraction of sp³-hybridized carbons (Fsp3) is 0.333. The minimum Gasteiger partial charge on any atom is -0.495 e. The molecule has 0 spiro atoms. The highest BCUT2D eigenvalue weighted by Crippen LogP contribution is 2.31. The van der Waals surface area contributed by atoms with Gasteiger partial charge in [0.1, 0.15) is 5.75 Å². The molecule has 0 amide bonds. The van der Waals surface area contributed by atoms with E-state index in [1.165, 1.54) is 5.56 Å². The van der Waals surface area contributed by atoms with E-state index in [9.17, 15) is 0 Å². The van der Waals surface area contributed by atoms with Crippen molar-refractivity contribution in [3.05, 3.63) is 17.7 Å². The monoisotopic (exact) mass is 164 g/mol. The molecule has 0 radical (unpaired) electrons. The van der Waals surface area contributed by atoms with Gasteiger partial charge < -0.3 is 15.8 Å². The number of nitrogen functional groups attached to an aromatic ring is 1. The highest BCUT2D eigenvalue weighted by molar-refractivity contribution is 5.68. The number of hydrogen-bond donors (Lipinski definition) is 2. The van der Waals surface area contributed by atoms with Gasteiger partial charge in [0.15, 0.2) is 0 Å². The van der Waals surface area contributed by atoms with Gasteiger partial charge in [-0.15, -0.1) is 0 Å². The van der Waals surface area contributed by atoms with Crippen LogP contribution in [0.3, 0.4) is 0 Å². The molecule has 0 unspecified atom stereocenters. The Hall–Kier alpha value is -1.38. The second-order valence-electron chi connectivity index (χ2n) is 2.93. The van der Waals surface area contributed by atoms with Crippen molar-refractivity contribution in [2.24, 2.45) is 0 Å². The van der Waals surface area contributed by atoms with Gasteiger partial charge in [0.05, 0.1) is 12.8 Å². The standard InChI is InChI=1S/C9H12N2O/c1-12-9-4-6-2-3-11-8(6)5-7(9)10/h4-5,11H,2-3,10H2,1H3. The SMILES string of the molecule is COc1cc2c(cc1N)NCC2. The minimum absolute atomic E-state index is 0.700. The van der Waals surface area contributed by atoms with Crippen molar-refractivity contribution in [2.75, 3.05) is 24.7 Å². The second kappa shape index (κ2) is 2.59. The third-order valence-electron chi connectivity index (χ3n) is 2.17. The maximum absolute atomic E-state index is 5.74. The molecule has 1 aromatic carbocycles. The molecule has 1 heterocycles. The van der Waals surface area contributed by atoms with E-state index in [0.29, 0.717) is 5.69 Å². The first-order valence-electron chi connectivity index (χ1n) is 4.01. The second-order valence-corrected chi connectivity index (χ2v) is 2.93. The van der Waals surface area contributed by atoms with E-state index >= 15 is 0 Å². The Bertz CT molecular complexity index is 309. The third kappa shape index (κ3) is 0.978. The normalized spacial score (nSPS) is 13.8. The molecule has 0 saturated heterocycles. The van der Waals surface area contributed by atoms with Gasteiger partial charge in [-0.3, -0.25) is 0 Å². The number of methoxy groups -OCH3 is 1. The molecule has 0 aromatic heterocycles. The lowest BCUT2D eigenvalue weighted by molar-refractivity contribution is 0.416. The van der Waals surface area contributed by atoms with E-state index in [-0.39, 0.29) is 0 Å². The Kier molecular flexibility index (Phi) is 1.57. The number of anilines is 2. The van der Waals surface area contributed by atoms with Crippen LogP contribution in [0.15, 0.2) is 12.1 Å². The third-order valence-corrected chi connectivity index (χ3v) is 2.17. The Labute approximate surface area is 71.5 Å². The van der Waals surface area contributed by atoms with Gasteiger partial charge in [0.25, 0.3) is 0 Å². The summed E-state index contributed by atoms with van der Waals surface area (Å²) in [5.41, 5.74) is 8.88. The van der Waals surface area contributed by atoms with Gasteiger partial charge >= 0.3 is 0 Å². The predicted octanol–water partition coefficient (Wildman–Crippen LogP) is 1.25. The van der Waals surface area contributed by atoms with Crippen LogP contribution in [0.5, 0.6) is 5.75 Å². The molecule has 2 rings (SSSR count). The van der Waals surface area contributed by atoms with E-state index in [1.807, 2.05) is 12.1 Å². The first-order valence-corrected chi connectivity index (χ1v) is 4.01.